The molecule has 0 radical (unpaired) electrons. The number of benzene rings is 1. The first-order chi connectivity index (χ1) is 8.60. The van der Waals surface area contributed by atoms with Gasteiger partial charge in [0, 0.05) is 24.7 Å². The van der Waals surface area contributed by atoms with E-state index in [1.165, 1.54) is 6.07 Å². The van der Waals surface area contributed by atoms with Gasteiger partial charge in [-0.2, -0.15) is 5.26 Å². The quantitative estimate of drug-likeness (QED) is 0.887. The number of hydrogen-bond acceptors (Lipinski definition) is 3. The van der Waals surface area contributed by atoms with E-state index >= 15 is 0 Å². The van der Waals surface area contributed by atoms with Gasteiger partial charge in [0.25, 0.3) is 0 Å². The zero-order valence-corrected chi connectivity index (χ0v) is 10.6. The first-order valence-corrected chi connectivity index (χ1v) is 6.26. The molecule has 1 saturated heterocycles. The molecule has 1 heterocycles. The average Bonchev–Trinajstić information content (AvgIpc) is 2.80. The molecule has 4 heteroatoms. The van der Waals surface area contributed by atoms with Crippen LogP contribution in [0.2, 0.25) is 0 Å². The molecule has 0 spiro atoms. The highest BCUT2D eigenvalue weighted by atomic mass is 19.1. The Morgan fingerprint density at radius 1 is 1.61 bits per heavy atom. The molecule has 1 fully saturated rings. The summed E-state index contributed by atoms with van der Waals surface area (Å²) in [6, 6.07) is 6.80. The Labute approximate surface area is 107 Å². The standard InChI is InChI=1S/C14H18FN3/c1-10(17)12-4-5-18(8-12)9-13-3-2-11(7-16)6-14(13)15/h2-3,6,10,12H,4-5,8-9,17H2,1H3. The van der Waals surface area contributed by atoms with Crippen molar-refractivity contribution in [3.63, 3.8) is 0 Å². The smallest absolute Gasteiger partial charge is 0.129 e. The van der Waals surface area contributed by atoms with Crippen LogP contribution in [0.1, 0.15) is 24.5 Å². The van der Waals surface area contributed by atoms with Crippen LogP contribution in [-0.4, -0.2) is 24.0 Å². The van der Waals surface area contributed by atoms with Crippen molar-refractivity contribution in [1.29, 1.82) is 5.26 Å². The second-order valence-electron chi connectivity index (χ2n) is 5.06. The van der Waals surface area contributed by atoms with Crippen LogP contribution >= 0.6 is 0 Å². The van der Waals surface area contributed by atoms with E-state index in [0.717, 1.165) is 19.5 Å². The van der Waals surface area contributed by atoms with Crippen LogP contribution in [0.15, 0.2) is 18.2 Å². The lowest BCUT2D eigenvalue weighted by molar-refractivity contribution is 0.304. The zero-order chi connectivity index (χ0) is 13.1. The first-order valence-electron chi connectivity index (χ1n) is 6.26. The van der Waals surface area contributed by atoms with E-state index in [4.69, 9.17) is 11.0 Å². The largest absolute Gasteiger partial charge is 0.328 e. The molecule has 2 rings (SSSR count). The molecule has 1 aromatic carbocycles. The Hall–Kier alpha value is -1.44. The molecule has 18 heavy (non-hydrogen) atoms. The Kier molecular flexibility index (Phi) is 3.95. The minimum absolute atomic E-state index is 0.195. The first kappa shape index (κ1) is 13.0. The molecule has 1 aliphatic heterocycles. The van der Waals surface area contributed by atoms with Crippen LogP contribution in [0.4, 0.5) is 4.39 Å². The van der Waals surface area contributed by atoms with E-state index in [-0.39, 0.29) is 11.9 Å². The van der Waals surface area contributed by atoms with E-state index < -0.39 is 0 Å². The second-order valence-corrected chi connectivity index (χ2v) is 5.06. The molecule has 0 amide bonds. The Morgan fingerprint density at radius 3 is 2.94 bits per heavy atom. The maximum atomic E-state index is 13.7. The molecule has 0 bridgehead atoms. The van der Waals surface area contributed by atoms with Crippen molar-refractivity contribution in [2.24, 2.45) is 11.7 Å². The fraction of sp³-hybridized carbons (Fsp3) is 0.500. The molecule has 0 saturated carbocycles. The fourth-order valence-corrected chi connectivity index (χ4v) is 2.42. The number of rotatable bonds is 3. The SMILES string of the molecule is CC(N)C1CCN(Cc2ccc(C#N)cc2F)C1. The lowest BCUT2D eigenvalue weighted by atomic mass is 10.0. The Balaban J connectivity index is 2.01. The van der Waals surface area contributed by atoms with Crippen molar-refractivity contribution in [2.75, 3.05) is 13.1 Å². The van der Waals surface area contributed by atoms with Crippen molar-refractivity contribution < 1.29 is 4.39 Å². The third-order valence-electron chi connectivity index (χ3n) is 3.63. The molecule has 2 unspecified atom stereocenters. The van der Waals surface area contributed by atoms with Crippen molar-refractivity contribution in [3.05, 3.63) is 35.1 Å². The number of hydrogen-bond donors (Lipinski definition) is 1. The third kappa shape index (κ3) is 2.87. The van der Waals surface area contributed by atoms with Crippen LogP contribution in [0, 0.1) is 23.1 Å². The van der Waals surface area contributed by atoms with Gasteiger partial charge < -0.3 is 5.73 Å². The van der Waals surface area contributed by atoms with Gasteiger partial charge in [-0.05, 0) is 37.9 Å². The molecule has 1 aromatic rings. The highest BCUT2D eigenvalue weighted by molar-refractivity contribution is 5.32. The number of nitrogens with two attached hydrogens (primary N) is 1. The van der Waals surface area contributed by atoms with Crippen LogP contribution in [0.5, 0.6) is 0 Å². The van der Waals surface area contributed by atoms with E-state index in [1.54, 1.807) is 12.1 Å². The van der Waals surface area contributed by atoms with E-state index in [9.17, 15) is 4.39 Å². The van der Waals surface area contributed by atoms with Gasteiger partial charge in [0.2, 0.25) is 0 Å². The Bertz CT molecular complexity index is 465. The molecule has 2 N–H and O–H groups in total. The summed E-state index contributed by atoms with van der Waals surface area (Å²) >= 11 is 0. The summed E-state index contributed by atoms with van der Waals surface area (Å²) in [6.07, 6.45) is 1.08. The molecule has 0 aliphatic carbocycles. The van der Waals surface area contributed by atoms with E-state index in [2.05, 4.69) is 4.90 Å². The topological polar surface area (TPSA) is 53.0 Å². The average molecular weight is 247 g/mol. The van der Waals surface area contributed by atoms with Gasteiger partial charge in [0.05, 0.1) is 11.6 Å². The normalized spacial score (nSPS) is 21.8. The minimum Gasteiger partial charge on any atom is -0.328 e. The number of nitrogens with zero attached hydrogens (tertiary/aromatic N) is 2. The summed E-state index contributed by atoms with van der Waals surface area (Å²) in [7, 11) is 0. The molecule has 0 aromatic heterocycles. The van der Waals surface area contributed by atoms with Crippen LogP contribution in [0.3, 0.4) is 0 Å². The zero-order valence-electron chi connectivity index (χ0n) is 10.6. The maximum Gasteiger partial charge on any atom is 0.129 e. The highest BCUT2D eigenvalue weighted by Gasteiger charge is 2.25. The lowest BCUT2D eigenvalue weighted by Crippen LogP contribution is -2.29. The van der Waals surface area contributed by atoms with Crippen LogP contribution in [0.25, 0.3) is 0 Å². The van der Waals surface area contributed by atoms with Gasteiger partial charge in [0.1, 0.15) is 5.82 Å². The molecule has 3 nitrogen and oxygen atoms in total. The molecule has 96 valence electrons. The molecular weight excluding hydrogens is 229 g/mol. The van der Waals surface area contributed by atoms with Crippen LogP contribution in [-0.2, 0) is 6.54 Å². The fourth-order valence-electron chi connectivity index (χ4n) is 2.42. The van der Waals surface area contributed by atoms with E-state index in [1.807, 2.05) is 13.0 Å². The Morgan fingerprint density at radius 2 is 2.39 bits per heavy atom. The summed E-state index contributed by atoms with van der Waals surface area (Å²) < 4.78 is 13.7. The predicted octanol–water partition coefficient (Wildman–Crippen LogP) is 1.87. The van der Waals surface area contributed by atoms with Crippen LogP contribution < -0.4 is 5.73 Å². The molecule has 1 aliphatic rings. The van der Waals surface area contributed by atoms with Gasteiger partial charge in [0.15, 0.2) is 0 Å². The van der Waals surface area contributed by atoms with Gasteiger partial charge in [-0.15, -0.1) is 0 Å². The van der Waals surface area contributed by atoms with Gasteiger partial charge in [-0.25, -0.2) is 4.39 Å². The lowest BCUT2D eigenvalue weighted by Gasteiger charge is -2.18. The summed E-state index contributed by atoms with van der Waals surface area (Å²) in [5.74, 6) is 0.213. The minimum atomic E-state index is -0.293. The summed E-state index contributed by atoms with van der Waals surface area (Å²) in [5.41, 5.74) is 6.90. The molecule has 2 atom stereocenters. The summed E-state index contributed by atoms with van der Waals surface area (Å²) in [5, 5.41) is 8.69. The number of nitriles is 1. The van der Waals surface area contributed by atoms with E-state index in [0.29, 0.717) is 23.6 Å². The number of halogens is 1. The van der Waals surface area contributed by atoms with Crippen molar-refractivity contribution in [2.45, 2.75) is 25.9 Å². The predicted molar refractivity (Wildman–Crippen MR) is 68.1 cm³/mol. The van der Waals surface area contributed by atoms with Gasteiger partial charge >= 0.3 is 0 Å². The van der Waals surface area contributed by atoms with Crippen molar-refractivity contribution >= 4 is 0 Å². The van der Waals surface area contributed by atoms with Crippen molar-refractivity contribution in [1.82, 2.24) is 4.90 Å². The third-order valence-corrected chi connectivity index (χ3v) is 3.63. The molecular formula is C14H18FN3. The highest BCUT2D eigenvalue weighted by Crippen LogP contribution is 2.21. The monoisotopic (exact) mass is 247 g/mol. The van der Waals surface area contributed by atoms with Gasteiger partial charge in [-0.1, -0.05) is 6.07 Å². The maximum absolute atomic E-state index is 13.7. The second kappa shape index (κ2) is 5.47. The summed E-state index contributed by atoms with van der Waals surface area (Å²) in [6.45, 7) is 4.51. The van der Waals surface area contributed by atoms with Gasteiger partial charge in [-0.3, -0.25) is 4.90 Å². The number of likely N-dealkylation sites (tertiary alicyclic amines) is 1. The summed E-state index contributed by atoms with van der Waals surface area (Å²) in [4.78, 5) is 2.22. The van der Waals surface area contributed by atoms with Crippen molar-refractivity contribution in [3.8, 4) is 6.07 Å².